The van der Waals surface area contributed by atoms with E-state index < -0.39 is 82.1 Å². The third-order valence-corrected chi connectivity index (χ3v) is 8.97. The summed E-state index contributed by atoms with van der Waals surface area (Å²) in [7, 11) is 0. The van der Waals surface area contributed by atoms with Crippen LogP contribution < -0.4 is 11.2 Å². The number of carbonyl (C=O) groups excluding carboxylic acids is 3. The van der Waals surface area contributed by atoms with Crippen molar-refractivity contribution >= 4 is 23.2 Å². The van der Waals surface area contributed by atoms with Crippen molar-refractivity contribution in [1.82, 2.24) is 5.43 Å². The Bertz CT molecular complexity index is 1780. The van der Waals surface area contributed by atoms with Crippen molar-refractivity contribution in [3.63, 3.8) is 0 Å². The van der Waals surface area contributed by atoms with Gasteiger partial charge in [-0.05, 0) is 32.0 Å². The van der Waals surface area contributed by atoms with Gasteiger partial charge < -0.3 is 40.7 Å². The molecule has 46 heavy (non-hydrogen) atoms. The lowest BCUT2D eigenvalue weighted by molar-refractivity contribution is -0.245. The molecule has 3 aromatic rings. The van der Waals surface area contributed by atoms with Crippen molar-refractivity contribution in [2.24, 2.45) is 10.8 Å². The third-order valence-electron chi connectivity index (χ3n) is 8.97. The summed E-state index contributed by atoms with van der Waals surface area (Å²) in [4.78, 5) is 39.9. The molecule has 3 aliphatic rings. The van der Waals surface area contributed by atoms with Crippen LogP contribution in [0.1, 0.15) is 86.1 Å². The van der Waals surface area contributed by atoms with E-state index in [0.29, 0.717) is 5.56 Å². The van der Waals surface area contributed by atoms with Crippen LogP contribution in [-0.4, -0.2) is 78.9 Å². The molecule has 1 amide bonds. The highest BCUT2D eigenvalue weighted by Gasteiger charge is 2.49. The van der Waals surface area contributed by atoms with Crippen LogP contribution in [0.5, 0.6) is 17.2 Å². The summed E-state index contributed by atoms with van der Waals surface area (Å²) in [5.74, 6) is -4.03. The van der Waals surface area contributed by atoms with Crippen LogP contribution in [-0.2, 0) is 15.9 Å². The number of nitrogens with zero attached hydrogens (tertiary/aromatic N) is 1. The van der Waals surface area contributed by atoms with Gasteiger partial charge in [-0.15, -0.1) is 0 Å². The molecule has 6 atom stereocenters. The normalized spacial score (nSPS) is 27.4. The van der Waals surface area contributed by atoms with Crippen LogP contribution in [0.15, 0.2) is 53.6 Å². The molecule has 2 aliphatic carbocycles. The molecule has 1 aliphatic heterocycles. The summed E-state index contributed by atoms with van der Waals surface area (Å²) in [6.07, 6.45) is -4.66. The molecule has 0 bridgehead atoms. The number of benzene rings is 3. The standard InChI is InChI=1S/C33H33N3O10/c1-14-27(38)19(34)11-22(45-14)46-21-13-33(44,15(2)35-36-32(43)16-7-4-3-5-8-16)12-18-24(21)31(42)26-25(29(18)40)28(39)17-9-6-10-20(37)23(17)30(26)41/h3-10,14,19,21-22,27,37-38,40,42,44H,11-13,34H2,1-2H3,(H,36,43)/b35-15+. The first kappa shape index (κ1) is 31.3. The SMILES string of the molecule is C/C(=N\NC(=O)c1ccccc1)C1(O)Cc2c(O)c3c(c(O)c2C(OC2CC(N)C(O)C(C)O2)C1)C(=O)c1c(O)cccc1C3=O. The summed E-state index contributed by atoms with van der Waals surface area (Å²) in [5, 5.41) is 60.1. The molecule has 3 aromatic carbocycles. The molecular formula is C33H33N3O10. The van der Waals surface area contributed by atoms with Crippen LogP contribution in [0.25, 0.3) is 0 Å². The largest absolute Gasteiger partial charge is 0.507 e. The van der Waals surface area contributed by atoms with Gasteiger partial charge in [0.2, 0.25) is 5.78 Å². The second-order valence-corrected chi connectivity index (χ2v) is 11.9. The fourth-order valence-electron chi connectivity index (χ4n) is 6.40. The van der Waals surface area contributed by atoms with E-state index in [9.17, 15) is 39.9 Å². The molecule has 6 unspecified atom stereocenters. The Labute approximate surface area is 262 Å². The quantitative estimate of drug-likeness (QED) is 0.0958. The number of ketones is 2. The van der Waals surface area contributed by atoms with E-state index >= 15 is 0 Å². The Morgan fingerprint density at radius 1 is 1.02 bits per heavy atom. The Morgan fingerprint density at radius 2 is 1.72 bits per heavy atom. The van der Waals surface area contributed by atoms with Crippen molar-refractivity contribution < 1.29 is 49.4 Å². The van der Waals surface area contributed by atoms with Crippen molar-refractivity contribution in [2.75, 3.05) is 0 Å². The third kappa shape index (κ3) is 5.11. The van der Waals surface area contributed by atoms with Gasteiger partial charge in [0.05, 0.1) is 40.7 Å². The maximum Gasteiger partial charge on any atom is 0.271 e. The van der Waals surface area contributed by atoms with E-state index in [1.807, 2.05) is 0 Å². The van der Waals surface area contributed by atoms with Gasteiger partial charge in [-0.3, -0.25) is 14.4 Å². The Kier molecular flexibility index (Phi) is 7.90. The average Bonchev–Trinajstić information content (AvgIpc) is 3.02. The topological polar surface area (TPSA) is 221 Å². The summed E-state index contributed by atoms with van der Waals surface area (Å²) < 4.78 is 12.0. The first-order chi connectivity index (χ1) is 21.8. The molecule has 0 saturated carbocycles. The number of nitrogens with one attached hydrogen (secondary N) is 1. The molecule has 1 saturated heterocycles. The predicted octanol–water partition coefficient (Wildman–Crippen LogP) is 1.94. The number of aliphatic hydroxyl groups is 2. The number of hydrazone groups is 1. The monoisotopic (exact) mass is 631 g/mol. The zero-order valence-electron chi connectivity index (χ0n) is 24.9. The van der Waals surface area contributed by atoms with E-state index in [2.05, 4.69) is 10.5 Å². The number of amides is 1. The molecule has 8 N–H and O–H groups in total. The highest BCUT2D eigenvalue weighted by atomic mass is 16.7. The first-order valence-electron chi connectivity index (χ1n) is 14.7. The molecule has 6 rings (SSSR count). The molecule has 13 heteroatoms. The van der Waals surface area contributed by atoms with Gasteiger partial charge in [0, 0.05) is 47.6 Å². The summed E-state index contributed by atoms with van der Waals surface area (Å²) in [6.45, 7) is 3.06. The molecule has 240 valence electrons. The number of aromatic hydroxyl groups is 3. The van der Waals surface area contributed by atoms with Gasteiger partial charge in [-0.2, -0.15) is 5.10 Å². The number of phenolic OH excluding ortho intramolecular Hbond substituents is 3. The number of fused-ring (bicyclic) bond motifs is 3. The number of nitrogens with two attached hydrogens (primary N) is 1. The Balaban J connectivity index is 1.45. The van der Waals surface area contributed by atoms with E-state index in [-0.39, 0.29) is 47.2 Å². The molecule has 0 radical (unpaired) electrons. The number of carbonyl (C=O) groups is 3. The van der Waals surface area contributed by atoms with Crippen molar-refractivity contribution in [3.05, 3.63) is 87.5 Å². The minimum Gasteiger partial charge on any atom is -0.507 e. The van der Waals surface area contributed by atoms with Crippen molar-refractivity contribution in [2.45, 2.75) is 69.4 Å². The summed E-state index contributed by atoms with van der Waals surface area (Å²) in [5.41, 5.74) is 5.32. The van der Waals surface area contributed by atoms with Crippen LogP contribution in [0, 0.1) is 0 Å². The number of hydrogen-bond donors (Lipinski definition) is 7. The zero-order chi connectivity index (χ0) is 33.1. The Morgan fingerprint density at radius 3 is 2.41 bits per heavy atom. The molecular weight excluding hydrogens is 598 g/mol. The first-order valence-corrected chi connectivity index (χ1v) is 14.7. The second kappa shape index (κ2) is 11.6. The smallest absolute Gasteiger partial charge is 0.271 e. The lowest BCUT2D eigenvalue weighted by Crippen LogP contribution is -2.52. The lowest BCUT2D eigenvalue weighted by Gasteiger charge is -2.42. The van der Waals surface area contributed by atoms with Gasteiger partial charge in [0.15, 0.2) is 12.1 Å². The lowest BCUT2D eigenvalue weighted by atomic mass is 9.72. The van der Waals surface area contributed by atoms with Gasteiger partial charge in [0.25, 0.3) is 5.91 Å². The van der Waals surface area contributed by atoms with E-state index in [0.717, 1.165) is 0 Å². The number of phenols is 3. The van der Waals surface area contributed by atoms with Crippen LogP contribution >= 0.6 is 0 Å². The fourth-order valence-corrected chi connectivity index (χ4v) is 6.40. The minimum absolute atomic E-state index is 0.0235. The van der Waals surface area contributed by atoms with E-state index in [1.54, 1.807) is 37.3 Å². The molecule has 0 aromatic heterocycles. The number of rotatable bonds is 5. The molecule has 1 heterocycles. The number of ether oxygens (including phenoxy) is 2. The van der Waals surface area contributed by atoms with Crippen LogP contribution in [0.4, 0.5) is 0 Å². The summed E-state index contributed by atoms with van der Waals surface area (Å²) >= 11 is 0. The van der Waals surface area contributed by atoms with Crippen molar-refractivity contribution in [1.29, 1.82) is 0 Å². The molecule has 13 nitrogen and oxygen atoms in total. The number of hydrogen-bond acceptors (Lipinski definition) is 12. The number of aliphatic hydroxyl groups excluding tert-OH is 1. The second-order valence-electron chi connectivity index (χ2n) is 11.9. The van der Waals surface area contributed by atoms with Gasteiger partial charge >= 0.3 is 0 Å². The highest BCUT2D eigenvalue weighted by Crippen LogP contribution is 2.52. The maximum atomic E-state index is 13.7. The van der Waals surface area contributed by atoms with Crippen LogP contribution in [0.2, 0.25) is 0 Å². The highest BCUT2D eigenvalue weighted by molar-refractivity contribution is 6.31. The van der Waals surface area contributed by atoms with E-state index in [4.69, 9.17) is 15.2 Å². The minimum atomic E-state index is -1.90. The Hall–Kier alpha value is -4.66. The van der Waals surface area contributed by atoms with Gasteiger partial charge in [0.1, 0.15) is 22.8 Å². The molecule has 0 spiro atoms. The van der Waals surface area contributed by atoms with Crippen molar-refractivity contribution in [3.8, 4) is 17.2 Å². The van der Waals surface area contributed by atoms with Crippen LogP contribution in [0.3, 0.4) is 0 Å². The maximum absolute atomic E-state index is 13.7. The molecule has 1 fully saturated rings. The zero-order valence-corrected chi connectivity index (χ0v) is 24.9. The van der Waals surface area contributed by atoms with E-state index in [1.165, 1.54) is 25.1 Å². The summed E-state index contributed by atoms with van der Waals surface area (Å²) in [6, 6.07) is 11.5. The fraction of sp³-hybridized carbons (Fsp3) is 0.333. The van der Waals surface area contributed by atoms with Gasteiger partial charge in [-0.1, -0.05) is 30.3 Å². The average molecular weight is 632 g/mol. The van der Waals surface area contributed by atoms with Gasteiger partial charge in [-0.25, -0.2) is 5.43 Å². The predicted molar refractivity (Wildman–Crippen MR) is 162 cm³/mol.